The number of benzene rings is 1. The first kappa shape index (κ1) is 17.4. The maximum atomic E-state index is 13.6. The number of fused-ring (bicyclic) bond motifs is 5. The van der Waals surface area contributed by atoms with E-state index in [1.165, 1.54) is 10.4 Å². The lowest BCUT2D eigenvalue weighted by Crippen LogP contribution is -2.27. The summed E-state index contributed by atoms with van der Waals surface area (Å²) in [6.45, 7) is 6.90. The molecule has 4 aromatic rings. The Bertz CT molecular complexity index is 1260. The van der Waals surface area contributed by atoms with Crippen molar-refractivity contribution in [2.75, 3.05) is 5.73 Å². The number of rotatable bonds is 1. The molecule has 1 aliphatic carbocycles. The number of hydrogen-bond acceptors (Lipinski definition) is 5. The van der Waals surface area contributed by atoms with E-state index in [2.05, 4.69) is 31.0 Å². The van der Waals surface area contributed by atoms with Crippen LogP contribution < -0.4 is 11.3 Å². The van der Waals surface area contributed by atoms with Crippen molar-refractivity contribution in [2.24, 2.45) is 11.3 Å². The number of para-hydroxylation sites is 1. The quantitative estimate of drug-likeness (QED) is 0.533. The van der Waals surface area contributed by atoms with E-state index in [1.54, 1.807) is 15.9 Å². The maximum absolute atomic E-state index is 13.6. The predicted molar refractivity (Wildman–Crippen MR) is 113 cm³/mol. The molecule has 7 heteroatoms. The summed E-state index contributed by atoms with van der Waals surface area (Å²) in [6.07, 6.45) is 3.03. The number of nitrogens with two attached hydrogens (primary N) is 1. The van der Waals surface area contributed by atoms with Crippen LogP contribution in [-0.2, 0) is 12.8 Å². The average molecular weight is 394 g/mol. The Morgan fingerprint density at radius 2 is 1.93 bits per heavy atom. The number of nitrogen functional groups attached to an aromatic ring is 1. The minimum atomic E-state index is -0.0344. The third-order valence-electron chi connectivity index (χ3n) is 5.98. The molecule has 6 nitrogen and oxygen atoms in total. The molecule has 0 spiro atoms. The zero-order valence-corrected chi connectivity index (χ0v) is 17.1. The first-order valence-electron chi connectivity index (χ1n) is 9.61. The molecule has 2 N–H and O–H groups in total. The molecule has 3 aromatic heterocycles. The number of thiophene rings is 1. The van der Waals surface area contributed by atoms with Crippen molar-refractivity contribution in [3.8, 4) is 5.69 Å². The summed E-state index contributed by atoms with van der Waals surface area (Å²) in [7, 11) is 0. The Labute approximate surface area is 166 Å². The highest BCUT2D eigenvalue weighted by Gasteiger charge is 2.32. The van der Waals surface area contributed by atoms with Gasteiger partial charge in [0.25, 0.3) is 5.56 Å². The van der Waals surface area contributed by atoms with Crippen LogP contribution in [0.5, 0.6) is 0 Å². The van der Waals surface area contributed by atoms with Crippen LogP contribution in [0.4, 0.5) is 5.95 Å². The number of hydrogen-bond donors (Lipinski definition) is 1. The zero-order valence-electron chi connectivity index (χ0n) is 16.3. The van der Waals surface area contributed by atoms with Crippen LogP contribution in [0.1, 0.15) is 37.6 Å². The lowest BCUT2D eigenvalue weighted by Gasteiger charge is -2.33. The van der Waals surface area contributed by atoms with Crippen molar-refractivity contribution < 1.29 is 0 Å². The van der Waals surface area contributed by atoms with Crippen LogP contribution in [-0.4, -0.2) is 19.2 Å². The molecule has 0 radical (unpaired) electrons. The molecule has 1 aromatic carbocycles. The molecule has 0 amide bonds. The van der Waals surface area contributed by atoms with Gasteiger partial charge in [-0.2, -0.15) is 0 Å². The molecule has 0 saturated heterocycles. The molecular formula is C21H23N5OS. The fraction of sp³-hybridized carbons (Fsp3) is 0.381. The molecule has 1 atom stereocenters. The summed E-state index contributed by atoms with van der Waals surface area (Å²) < 4.78 is 3.47. The van der Waals surface area contributed by atoms with Gasteiger partial charge in [-0.1, -0.05) is 39.0 Å². The van der Waals surface area contributed by atoms with Gasteiger partial charge in [-0.3, -0.25) is 4.79 Å². The first-order valence-corrected chi connectivity index (χ1v) is 10.4. The normalized spacial score (nSPS) is 17.3. The van der Waals surface area contributed by atoms with Gasteiger partial charge in [0.15, 0.2) is 0 Å². The topological polar surface area (TPSA) is 78.2 Å². The number of nitrogens with zero attached hydrogens (tertiary/aromatic N) is 4. The fourth-order valence-corrected chi connectivity index (χ4v) is 5.75. The molecule has 0 aliphatic heterocycles. The Balaban J connectivity index is 1.85. The third-order valence-corrected chi connectivity index (χ3v) is 7.22. The van der Waals surface area contributed by atoms with Gasteiger partial charge in [-0.15, -0.1) is 21.5 Å². The molecule has 0 fully saturated rings. The highest BCUT2D eigenvalue weighted by molar-refractivity contribution is 7.19. The van der Waals surface area contributed by atoms with Gasteiger partial charge in [0.2, 0.25) is 11.7 Å². The van der Waals surface area contributed by atoms with E-state index >= 15 is 0 Å². The van der Waals surface area contributed by atoms with Crippen LogP contribution >= 0.6 is 11.3 Å². The van der Waals surface area contributed by atoms with E-state index in [1.807, 2.05) is 34.7 Å². The summed E-state index contributed by atoms with van der Waals surface area (Å²) in [6, 6.07) is 9.58. The summed E-state index contributed by atoms with van der Waals surface area (Å²) in [4.78, 5) is 15.8. The second kappa shape index (κ2) is 5.91. The monoisotopic (exact) mass is 393 g/mol. The van der Waals surface area contributed by atoms with Crippen molar-refractivity contribution in [2.45, 2.75) is 40.0 Å². The van der Waals surface area contributed by atoms with Crippen LogP contribution in [0.2, 0.25) is 0 Å². The SMILES string of the molecule is CC(C)(C)C1CCc2c(sc3c2c(=O)n(-c2ccccc2)c2nnc(N)n32)C1. The summed E-state index contributed by atoms with van der Waals surface area (Å²) >= 11 is 1.68. The fourth-order valence-electron chi connectivity index (χ4n) is 4.33. The summed E-state index contributed by atoms with van der Waals surface area (Å²) in [5.74, 6) is 1.39. The zero-order chi connectivity index (χ0) is 19.6. The molecule has 0 bridgehead atoms. The van der Waals surface area contributed by atoms with E-state index in [0.717, 1.165) is 35.2 Å². The van der Waals surface area contributed by atoms with Gasteiger partial charge < -0.3 is 5.73 Å². The van der Waals surface area contributed by atoms with E-state index < -0.39 is 0 Å². The Morgan fingerprint density at radius 3 is 2.64 bits per heavy atom. The van der Waals surface area contributed by atoms with Crippen molar-refractivity contribution in [1.29, 1.82) is 0 Å². The summed E-state index contributed by atoms with van der Waals surface area (Å²) in [5.41, 5.74) is 8.35. The van der Waals surface area contributed by atoms with E-state index in [4.69, 9.17) is 5.73 Å². The van der Waals surface area contributed by atoms with E-state index in [9.17, 15) is 4.79 Å². The second-order valence-electron chi connectivity index (χ2n) is 8.66. The highest BCUT2D eigenvalue weighted by atomic mass is 32.1. The van der Waals surface area contributed by atoms with Crippen molar-refractivity contribution >= 4 is 33.3 Å². The van der Waals surface area contributed by atoms with Crippen LogP contribution in [0.15, 0.2) is 35.1 Å². The van der Waals surface area contributed by atoms with Gasteiger partial charge in [0.1, 0.15) is 4.83 Å². The van der Waals surface area contributed by atoms with Gasteiger partial charge in [0.05, 0.1) is 11.1 Å². The Morgan fingerprint density at radius 1 is 1.18 bits per heavy atom. The van der Waals surface area contributed by atoms with Crippen molar-refractivity contribution in [3.05, 3.63) is 51.1 Å². The largest absolute Gasteiger partial charge is 0.368 e. The number of aromatic nitrogens is 4. The number of aryl methyl sites for hydroxylation is 1. The molecule has 1 aliphatic rings. The minimum absolute atomic E-state index is 0.0344. The number of anilines is 1. The lowest BCUT2D eigenvalue weighted by atomic mass is 9.72. The minimum Gasteiger partial charge on any atom is -0.368 e. The van der Waals surface area contributed by atoms with Gasteiger partial charge in [-0.25, -0.2) is 8.97 Å². The van der Waals surface area contributed by atoms with Crippen LogP contribution in [0.25, 0.3) is 21.7 Å². The van der Waals surface area contributed by atoms with Crippen molar-refractivity contribution in [1.82, 2.24) is 19.2 Å². The van der Waals surface area contributed by atoms with Gasteiger partial charge >= 0.3 is 0 Å². The average Bonchev–Trinajstić information content (AvgIpc) is 3.22. The second-order valence-corrected chi connectivity index (χ2v) is 9.74. The first-order chi connectivity index (χ1) is 13.4. The molecule has 0 saturated carbocycles. The standard InChI is InChI=1S/C21H23N5OS/c1-21(2,3)12-9-10-14-15(11-12)28-18-16(14)17(27)25(13-7-5-4-6-8-13)20-24-23-19(22)26(18)20/h4-8,12H,9-11H2,1-3H3,(H2,22,23). The maximum Gasteiger partial charge on any atom is 0.268 e. The molecule has 28 heavy (non-hydrogen) atoms. The highest BCUT2D eigenvalue weighted by Crippen LogP contribution is 2.42. The third kappa shape index (κ3) is 2.42. The van der Waals surface area contributed by atoms with E-state index in [0.29, 0.717) is 17.6 Å². The van der Waals surface area contributed by atoms with Crippen LogP contribution in [0.3, 0.4) is 0 Å². The van der Waals surface area contributed by atoms with Crippen molar-refractivity contribution in [3.63, 3.8) is 0 Å². The lowest BCUT2D eigenvalue weighted by molar-refractivity contribution is 0.218. The molecule has 1 unspecified atom stereocenters. The predicted octanol–water partition coefficient (Wildman–Crippen LogP) is 3.83. The molecule has 144 valence electrons. The summed E-state index contributed by atoms with van der Waals surface area (Å²) in [5, 5.41) is 9.07. The molecule has 5 rings (SSSR count). The smallest absolute Gasteiger partial charge is 0.268 e. The Hall–Kier alpha value is -2.67. The van der Waals surface area contributed by atoms with Crippen LogP contribution in [0, 0.1) is 11.3 Å². The Kier molecular flexibility index (Phi) is 3.68. The van der Waals surface area contributed by atoms with Gasteiger partial charge in [-0.05, 0) is 48.3 Å². The van der Waals surface area contributed by atoms with Gasteiger partial charge in [0, 0.05) is 4.88 Å². The molecular weight excluding hydrogens is 370 g/mol. The molecule has 3 heterocycles. The van der Waals surface area contributed by atoms with E-state index in [-0.39, 0.29) is 11.0 Å².